The number of rotatable bonds is 6. The molecule has 0 bridgehead atoms. The number of benzene rings is 3. The highest BCUT2D eigenvalue weighted by molar-refractivity contribution is 6.06. The summed E-state index contributed by atoms with van der Waals surface area (Å²) in [5.41, 5.74) is 3.66. The number of amides is 1. The van der Waals surface area contributed by atoms with Crippen molar-refractivity contribution in [2.24, 2.45) is 0 Å². The predicted octanol–water partition coefficient (Wildman–Crippen LogP) is 5.15. The molecule has 0 aliphatic carbocycles. The van der Waals surface area contributed by atoms with Crippen molar-refractivity contribution in [3.63, 3.8) is 0 Å². The molecule has 1 N–H and O–H groups in total. The number of nitrogens with one attached hydrogen (secondary N) is 1. The van der Waals surface area contributed by atoms with Gasteiger partial charge in [0.1, 0.15) is 11.3 Å². The van der Waals surface area contributed by atoms with Crippen molar-refractivity contribution in [2.45, 2.75) is 13.1 Å². The summed E-state index contributed by atoms with van der Waals surface area (Å²) < 4.78 is 12.7. The molecule has 5 rings (SSSR count). The summed E-state index contributed by atoms with van der Waals surface area (Å²) in [6, 6.07) is 24.6. The zero-order valence-corrected chi connectivity index (χ0v) is 18.1. The number of para-hydroxylation sites is 2. The Hall–Kier alpha value is -4.32. The fourth-order valence-electron chi connectivity index (χ4n) is 4.01. The molecule has 1 amide bonds. The number of esters is 1. The van der Waals surface area contributed by atoms with Crippen LogP contribution in [0.25, 0.3) is 21.9 Å². The molecule has 0 saturated heterocycles. The van der Waals surface area contributed by atoms with Crippen LogP contribution in [0.4, 0.5) is 0 Å². The molecule has 0 atom stereocenters. The van der Waals surface area contributed by atoms with E-state index in [0.29, 0.717) is 24.2 Å². The van der Waals surface area contributed by atoms with Gasteiger partial charge in [0.2, 0.25) is 0 Å². The van der Waals surface area contributed by atoms with Gasteiger partial charge in [0.15, 0.2) is 0 Å². The number of carbonyl (C=O) groups excluding carboxylic acids is 2. The molecule has 5 aromatic rings. The van der Waals surface area contributed by atoms with Crippen LogP contribution >= 0.6 is 0 Å². The molecule has 33 heavy (non-hydrogen) atoms. The topological polar surface area (TPSA) is 73.5 Å². The zero-order chi connectivity index (χ0) is 22.8. The molecular weight excluding hydrogens is 416 g/mol. The van der Waals surface area contributed by atoms with E-state index >= 15 is 0 Å². The van der Waals surface area contributed by atoms with Crippen LogP contribution in [-0.2, 0) is 17.8 Å². The molecule has 0 saturated carbocycles. The van der Waals surface area contributed by atoms with Crippen molar-refractivity contribution in [2.75, 3.05) is 7.11 Å². The van der Waals surface area contributed by atoms with Gasteiger partial charge in [-0.2, -0.15) is 0 Å². The number of furan rings is 1. The lowest BCUT2D eigenvalue weighted by atomic mass is 10.1. The fourth-order valence-corrected chi connectivity index (χ4v) is 4.01. The van der Waals surface area contributed by atoms with Crippen molar-refractivity contribution in [1.29, 1.82) is 0 Å². The van der Waals surface area contributed by atoms with Crippen molar-refractivity contribution in [3.05, 3.63) is 108 Å². The van der Waals surface area contributed by atoms with E-state index in [2.05, 4.69) is 5.32 Å². The van der Waals surface area contributed by atoms with Crippen LogP contribution < -0.4 is 5.32 Å². The Morgan fingerprint density at radius 3 is 2.52 bits per heavy atom. The SMILES string of the molecule is COC(=O)c1ccc(CNC(=O)c2cccc3ccn(Cc4cc5ccccc5o4)c23)cc1. The average molecular weight is 438 g/mol. The van der Waals surface area contributed by atoms with Gasteiger partial charge in [-0.05, 0) is 42.0 Å². The average Bonchev–Trinajstić information content (AvgIpc) is 3.46. The first-order chi connectivity index (χ1) is 16.1. The first-order valence-electron chi connectivity index (χ1n) is 10.6. The summed E-state index contributed by atoms with van der Waals surface area (Å²) in [6.45, 7) is 0.873. The quantitative estimate of drug-likeness (QED) is 0.372. The van der Waals surface area contributed by atoms with Crippen LogP contribution in [0, 0.1) is 0 Å². The Balaban J connectivity index is 1.37. The van der Waals surface area contributed by atoms with Gasteiger partial charge in [0, 0.05) is 23.5 Å². The minimum atomic E-state index is -0.387. The summed E-state index contributed by atoms with van der Waals surface area (Å²) in [5, 5.41) is 5.02. The number of hydrogen-bond donors (Lipinski definition) is 1. The summed E-state index contributed by atoms with van der Waals surface area (Å²) in [6.07, 6.45) is 1.97. The van der Waals surface area contributed by atoms with Crippen molar-refractivity contribution >= 4 is 33.7 Å². The third-order valence-corrected chi connectivity index (χ3v) is 5.66. The molecule has 2 aromatic heterocycles. The second-order valence-corrected chi connectivity index (χ2v) is 7.81. The molecule has 0 fully saturated rings. The van der Waals surface area contributed by atoms with E-state index in [1.54, 1.807) is 24.3 Å². The normalized spacial score (nSPS) is 11.1. The lowest BCUT2D eigenvalue weighted by Crippen LogP contribution is -2.23. The molecule has 3 aromatic carbocycles. The van der Waals surface area contributed by atoms with Gasteiger partial charge in [-0.3, -0.25) is 4.79 Å². The maximum absolute atomic E-state index is 13.1. The number of ether oxygens (including phenoxy) is 1. The standard InChI is InChI=1S/C27H22N2O4/c1-32-27(31)20-11-9-18(10-12-20)16-28-26(30)23-7-4-6-19-13-14-29(25(19)23)17-22-15-21-5-2-3-8-24(21)33-22/h2-15H,16-17H2,1H3,(H,28,30). The summed E-state index contributed by atoms with van der Waals surface area (Å²) in [5.74, 6) is 0.277. The number of carbonyl (C=O) groups is 2. The molecule has 6 nitrogen and oxygen atoms in total. The van der Waals surface area contributed by atoms with Gasteiger partial charge >= 0.3 is 5.97 Å². The maximum atomic E-state index is 13.1. The maximum Gasteiger partial charge on any atom is 0.337 e. The third-order valence-electron chi connectivity index (χ3n) is 5.66. The molecule has 0 aliphatic rings. The zero-order valence-electron chi connectivity index (χ0n) is 18.1. The Labute approximate surface area is 190 Å². The van der Waals surface area contributed by atoms with Gasteiger partial charge in [-0.1, -0.05) is 42.5 Å². The minimum absolute atomic E-state index is 0.165. The fraction of sp³-hybridized carbons (Fsp3) is 0.111. The van der Waals surface area contributed by atoms with Crippen LogP contribution in [0.2, 0.25) is 0 Å². The van der Waals surface area contributed by atoms with E-state index in [0.717, 1.165) is 33.2 Å². The van der Waals surface area contributed by atoms with Crippen LogP contribution in [0.5, 0.6) is 0 Å². The summed E-state index contributed by atoms with van der Waals surface area (Å²) >= 11 is 0. The van der Waals surface area contributed by atoms with Crippen LogP contribution in [0.15, 0.2) is 89.5 Å². The van der Waals surface area contributed by atoms with Crippen molar-refractivity contribution < 1.29 is 18.7 Å². The van der Waals surface area contributed by atoms with E-state index in [1.165, 1.54) is 7.11 Å². The predicted molar refractivity (Wildman–Crippen MR) is 126 cm³/mol. The first kappa shape index (κ1) is 20.6. The highest BCUT2D eigenvalue weighted by Crippen LogP contribution is 2.24. The second-order valence-electron chi connectivity index (χ2n) is 7.81. The van der Waals surface area contributed by atoms with E-state index in [9.17, 15) is 9.59 Å². The number of fused-ring (bicyclic) bond motifs is 2. The molecule has 164 valence electrons. The lowest BCUT2D eigenvalue weighted by Gasteiger charge is -2.10. The van der Waals surface area contributed by atoms with Crippen LogP contribution in [0.1, 0.15) is 32.0 Å². The molecule has 6 heteroatoms. The number of nitrogens with zero attached hydrogens (tertiary/aromatic N) is 1. The monoisotopic (exact) mass is 438 g/mol. The van der Waals surface area contributed by atoms with Gasteiger partial charge in [0.05, 0.1) is 30.3 Å². The first-order valence-corrected chi connectivity index (χ1v) is 10.6. The van der Waals surface area contributed by atoms with Crippen LogP contribution in [-0.4, -0.2) is 23.6 Å². The molecule has 0 unspecified atom stereocenters. The Morgan fingerprint density at radius 2 is 1.73 bits per heavy atom. The Bertz CT molecular complexity index is 1430. The smallest absolute Gasteiger partial charge is 0.337 e. The second kappa shape index (κ2) is 8.67. The molecule has 0 spiro atoms. The Kier molecular flexibility index (Phi) is 5.40. The van der Waals surface area contributed by atoms with Crippen molar-refractivity contribution in [3.8, 4) is 0 Å². The van der Waals surface area contributed by atoms with Gasteiger partial charge < -0.3 is 19.0 Å². The van der Waals surface area contributed by atoms with E-state index in [4.69, 9.17) is 9.15 Å². The van der Waals surface area contributed by atoms with Gasteiger partial charge in [0.25, 0.3) is 5.91 Å². The molecule has 0 aliphatic heterocycles. The number of aromatic nitrogens is 1. The van der Waals surface area contributed by atoms with E-state index in [1.807, 2.05) is 65.4 Å². The summed E-state index contributed by atoms with van der Waals surface area (Å²) in [7, 11) is 1.35. The number of hydrogen-bond acceptors (Lipinski definition) is 4. The largest absolute Gasteiger partial charge is 0.465 e. The highest BCUT2D eigenvalue weighted by Gasteiger charge is 2.15. The van der Waals surface area contributed by atoms with Crippen LogP contribution in [0.3, 0.4) is 0 Å². The van der Waals surface area contributed by atoms with E-state index < -0.39 is 0 Å². The molecule has 0 radical (unpaired) electrons. The van der Waals surface area contributed by atoms with E-state index in [-0.39, 0.29) is 11.9 Å². The molecular formula is C27H22N2O4. The lowest BCUT2D eigenvalue weighted by molar-refractivity contribution is 0.0600. The highest BCUT2D eigenvalue weighted by atomic mass is 16.5. The number of methoxy groups -OCH3 is 1. The Morgan fingerprint density at radius 1 is 0.939 bits per heavy atom. The van der Waals surface area contributed by atoms with Gasteiger partial charge in [-0.25, -0.2) is 4.79 Å². The molecule has 2 heterocycles. The van der Waals surface area contributed by atoms with Gasteiger partial charge in [-0.15, -0.1) is 0 Å². The van der Waals surface area contributed by atoms with Crippen molar-refractivity contribution in [1.82, 2.24) is 9.88 Å². The third kappa shape index (κ3) is 4.11. The summed E-state index contributed by atoms with van der Waals surface area (Å²) in [4.78, 5) is 24.7. The minimum Gasteiger partial charge on any atom is -0.465 e.